The van der Waals surface area contributed by atoms with E-state index in [2.05, 4.69) is 10.3 Å². The first kappa shape index (κ1) is 18.8. The second-order valence-corrected chi connectivity index (χ2v) is 7.46. The number of amides is 2. The summed E-state index contributed by atoms with van der Waals surface area (Å²) >= 11 is 1.43. The molecule has 3 N–H and O–H groups in total. The van der Waals surface area contributed by atoms with Crippen LogP contribution in [0, 0.1) is 5.82 Å². The Bertz CT molecular complexity index is 752. The van der Waals surface area contributed by atoms with Crippen LogP contribution in [0.5, 0.6) is 0 Å². The lowest BCUT2D eigenvalue weighted by Gasteiger charge is -2.24. The van der Waals surface area contributed by atoms with Crippen LogP contribution in [0.4, 0.5) is 9.18 Å². The molecule has 1 aromatic heterocycles. The number of thiazole rings is 1. The van der Waals surface area contributed by atoms with Crippen molar-refractivity contribution >= 4 is 17.4 Å². The van der Waals surface area contributed by atoms with Crippen molar-refractivity contribution in [1.82, 2.24) is 15.2 Å². The summed E-state index contributed by atoms with van der Waals surface area (Å²) in [6.45, 7) is 0.980. The zero-order valence-electron chi connectivity index (χ0n) is 14.3. The molecule has 0 bridgehead atoms. The molecule has 26 heavy (non-hydrogen) atoms. The fourth-order valence-corrected chi connectivity index (χ4v) is 3.69. The van der Waals surface area contributed by atoms with Gasteiger partial charge in [0.25, 0.3) is 0 Å². The van der Waals surface area contributed by atoms with E-state index >= 15 is 0 Å². The Morgan fingerprint density at radius 1 is 1.31 bits per heavy atom. The molecule has 2 heterocycles. The van der Waals surface area contributed by atoms with Crippen LogP contribution >= 0.6 is 11.3 Å². The van der Waals surface area contributed by atoms with Gasteiger partial charge in [-0.3, -0.25) is 0 Å². The molecule has 0 aliphatic carbocycles. The zero-order chi connectivity index (χ0) is 18.6. The Balaban J connectivity index is 1.54. The topological polar surface area (TPSA) is 85.7 Å². The van der Waals surface area contributed by atoms with E-state index in [-0.39, 0.29) is 18.5 Å². The van der Waals surface area contributed by atoms with Crippen molar-refractivity contribution in [1.29, 1.82) is 0 Å². The molecule has 3 rings (SSSR count). The van der Waals surface area contributed by atoms with Crippen LogP contribution in [0.15, 0.2) is 29.6 Å². The number of carbonyl (C=O) groups is 1. The standard InChI is InChI=1S/C18H22FN3O3S/c19-14-4-2-13(3-5-14)15-11-26-16(21-15)10-20-17(24)22-8-1-6-18(25,12-23)7-9-22/h2-5,11,23,25H,1,6-10,12H2,(H,20,24). The largest absolute Gasteiger partial charge is 0.393 e. The molecule has 1 saturated heterocycles. The maximum atomic E-state index is 13.0. The summed E-state index contributed by atoms with van der Waals surface area (Å²) in [5.74, 6) is -0.290. The SMILES string of the molecule is O=C(NCc1nc(-c2ccc(F)cc2)cs1)N1CCCC(O)(CO)CC1. The van der Waals surface area contributed by atoms with Crippen LogP contribution in [0.3, 0.4) is 0 Å². The van der Waals surface area contributed by atoms with Gasteiger partial charge in [0.1, 0.15) is 10.8 Å². The van der Waals surface area contributed by atoms with Gasteiger partial charge in [0.2, 0.25) is 0 Å². The van der Waals surface area contributed by atoms with Crippen molar-refractivity contribution in [2.45, 2.75) is 31.4 Å². The highest BCUT2D eigenvalue weighted by molar-refractivity contribution is 7.09. The Morgan fingerprint density at radius 2 is 2.08 bits per heavy atom. The van der Waals surface area contributed by atoms with E-state index in [1.54, 1.807) is 17.0 Å². The highest BCUT2D eigenvalue weighted by atomic mass is 32.1. The summed E-state index contributed by atoms with van der Waals surface area (Å²) in [5, 5.41) is 24.9. The number of halogens is 1. The van der Waals surface area contributed by atoms with Crippen LogP contribution in [-0.4, -0.2) is 51.4 Å². The number of carbonyl (C=O) groups excluding carboxylic acids is 1. The van der Waals surface area contributed by atoms with Gasteiger partial charge in [0, 0.05) is 24.0 Å². The molecular weight excluding hydrogens is 357 g/mol. The Morgan fingerprint density at radius 3 is 2.81 bits per heavy atom. The number of aliphatic hydroxyl groups excluding tert-OH is 1. The van der Waals surface area contributed by atoms with Crippen molar-refractivity contribution in [2.75, 3.05) is 19.7 Å². The van der Waals surface area contributed by atoms with Crippen molar-refractivity contribution in [2.24, 2.45) is 0 Å². The van der Waals surface area contributed by atoms with E-state index in [4.69, 9.17) is 0 Å². The van der Waals surface area contributed by atoms with Crippen LogP contribution in [-0.2, 0) is 6.54 Å². The minimum atomic E-state index is -1.09. The summed E-state index contributed by atoms with van der Waals surface area (Å²) in [6, 6.07) is 5.93. The van der Waals surface area contributed by atoms with Crippen molar-refractivity contribution in [3.63, 3.8) is 0 Å². The Kier molecular flexibility index (Phi) is 5.85. The molecule has 0 radical (unpaired) electrons. The summed E-state index contributed by atoms with van der Waals surface area (Å²) in [6.07, 6.45) is 1.50. The highest BCUT2D eigenvalue weighted by Crippen LogP contribution is 2.23. The van der Waals surface area contributed by atoms with Gasteiger partial charge in [0.15, 0.2) is 0 Å². The monoisotopic (exact) mass is 379 g/mol. The summed E-state index contributed by atoms with van der Waals surface area (Å²) in [5.41, 5.74) is 0.493. The molecule has 0 saturated carbocycles. The number of urea groups is 1. The van der Waals surface area contributed by atoms with Gasteiger partial charge in [-0.1, -0.05) is 0 Å². The molecule has 1 aromatic carbocycles. The van der Waals surface area contributed by atoms with Crippen LogP contribution in [0.2, 0.25) is 0 Å². The smallest absolute Gasteiger partial charge is 0.317 e. The first-order chi connectivity index (χ1) is 12.5. The maximum Gasteiger partial charge on any atom is 0.317 e. The third-order valence-corrected chi connectivity index (χ3v) is 5.43. The highest BCUT2D eigenvalue weighted by Gasteiger charge is 2.30. The molecule has 6 nitrogen and oxygen atoms in total. The fraction of sp³-hybridized carbons (Fsp3) is 0.444. The normalized spacial score (nSPS) is 20.7. The third-order valence-electron chi connectivity index (χ3n) is 4.58. The van der Waals surface area contributed by atoms with E-state index < -0.39 is 5.60 Å². The molecule has 1 aliphatic rings. The van der Waals surface area contributed by atoms with Crippen LogP contribution < -0.4 is 5.32 Å². The number of hydrogen-bond donors (Lipinski definition) is 3. The average Bonchev–Trinajstić information content (AvgIpc) is 3.03. The number of aromatic nitrogens is 1. The second kappa shape index (κ2) is 8.11. The molecule has 140 valence electrons. The van der Waals surface area contributed by atoms with Crippen molar-refractivity contribution < 1.29 is 19.4 Å². The van der Waals surface area contributed by atoms with Gasteiger partial charge in [-0.05, 0) is 43.5 Å². The molecule has 2 aromatic rings. The molecule has 0 spiro atoms. The lowest BCUT2D eigenvalue weighted by Crippen LogP contribution is -2.41. The van der Waals surface area contributed by atoms with Crippen LogP contribution in [0.1, 0.15) is 24.3 Å². The third kappa shape index (κ3) is 4.57. The predicted molar refractivity (Wildman–Crippen MR) is 97.2 cm³/mol. The van der Waals surface area contributed by atoms with Crippen molar-refractivity contribution in [3.05, 3.63) is 40.5 Å². The number of benzene rings is 1. The first-order valence-electron chi connectivity index (χ1n) is 8.55. The zero-order valence-corrected chi connectivity index (χ0v) is 15.1. The fourth-order valence-electron chi connectivity index (χ4n) is 2.95. The number of likely N-dealkylation sites (tertiary alicyclic amines) is 1. The molecule has 2 amide bonds. The van der Waals surface area contributed by atoms with E-state index in [9.17, 15) is 19.4 Å². The van der Waals surface area contributed by atoms with E-state index in [1.807, 2.05) is 5.38 Å². The number of rotatable bonds is 4. The maximum absolute atomic E-state index is 13.0. The van der Waals surface area contributed by atoms with Gasteiger partial charge in [-0.2, -0.15) is 0 Å². The summed E-state index contributed by atoms with van der Waals surface area (Å²) < 4.78 is 13.0. The van der Waals surface area contributed by atoms with Gasteiger partial charge in [-0.15, -0.1) is 11.3 Å². The summed E-state index contributed by atoms with van der Waals surface area (Å²) in [4.78, 5) is 18.5. The Hall–Kier alpha value is -2.03. The number of hydrogen-bond acceptors (Lipinski definition) is 5. The molecule has 1 fully saturated rings. The number of nitrogens with zero attached hydrogens (tertiary/aromatic N) is 2. The quantitative estimate of drug-likeness (QED) is 0.761. The number of aliphatic hydroxyl groups is 2. The lowest BCUT2D eigenvalue weighted by molar-refractivity contribution is -0.0248. The summed E-state index contributed by atoms with van der Waals surface area (Å²) in [7, 11) is 0. The molecule has 8 heteroatoms. The van der Waals surface area contributed by atoms with Gasteiger partial charge in [-0.25, -0.2) is 14.2 Å². The average molecular weight is 379 g/mol. The molecule has 1 atom stereocenters. The van der Waals surface area contributed by atoms with Crippen molar-refractivity contribution in [3.8, 4) is 11.3 Å². The molecular formula is C18H22FN3O3S. The minimum Gasteiger partial charge on any atom is -0.393 e. The lowest BCUT2D eigenvalue weighted by atomic mass is 9.96. The van der Waals surface area contributed by atoms with E-state index in [0.29, 0.717) is 38.9 Å². The molecule has 1 aliphatic heterocycles. The van der Waals surface area contributed by atoms with Gasteiger partial charge >= 0.3 is 6.03 Å². The van der Waals surface area contributed by atoms with Crippen LogP contribution in [0.25, 0.3) is 11.3 Å². The molecule has 1 unspecified atom stereocenters. The Labute approximate surface area is 155 Å². The predicted octanol–water partition coefficient (Wildman–Crippen LogP) is 2.37. The number of nitrogens with one attached hydrogen (secondary N) is 1. The van der Waals surface area contributed by atoms with E-state index in [0.717, 1.165) is 16.3 Å². The first-order valence-corrected chi connectivity index (χ1v) is 9.43. The second-order valence-electron chi connectivity index (χ2n) is 6.52. The van der Waals surface area contributed by atoms with Gasteiger partial charge < -0.3 is 20.4 Å². The van der Waals surface area contributed by atoms with E-state index in [1.165, 1.54) is 23.5 Å². The van der Waals surface area contributed by atoms with Gasteiger partial charge in [0.05, 0.1) is 24.4 Å². The minimum absolute atomic E-state index is 0.203.